The fourth-order valence-corrected chi connectivity index (χ4v) is 4.41. The van der Waals surface area contributed by atoms with Crippen LogP contribution in [0, 0.1) is 5.92 Å². The number of hydrogen-bond donors (Lipinski definition) is 1. The number of carbonyl (C=O) groups is 3. The van der Waals surface area contributed by atoms with Gasteiger partial charge < -0.3 is 14.9 Å². The molecule has 0 spiro atoms. The molecule has 3 rings (SSSR count). The highest BCUT2D eigenvalue weighted by Crippen LogP contribution is 2.27. The van der Waals surface area contributed by atoms with Crippen molar-refractivity contribution in [2.45, 2.75) is 51.1 Å². The Balaban J connectivity index is 1.60. The fourth-order valence-electron chi connectivity index (χ4n) is 4.41. The lowest BCUT2D eigenvalue weighted by Gasteiger charge is -2.28. The molecule has 3 aliphatic rings. The zero-order valence-electron chi connectivity index (χ0n) is 14.3. The molecule has 3 aliphatic heterocycles. The van der Waals surface area contributed by atoms with Gasteiger partial charge in [-0.3, -0.25) is 14.5 Å². The first-order valence-electron chi connectivity index (χ1n) is 9.06. The second-order valence-corrected chi connectivity index (χ2v) is 7.15. The topological polar surface area (TPSA) is 81.2 Å². The van der Waals surface area contributed by atoms with Gasteiger partial charge in [0.15, 0.2) is 0 Å². The van der Waals surface area contributed by atoms with Crippen molar-refractivity contribution in [3.8, 4) is 0 Å². The number of likely N-dealkylation sites (N-methyl/N-ethyl adjacent to an activating group) is 1. The standard InChI is InChI=1S/C17H27N3O4/c1-2-18-7-3-5-13(18)11-19-10-12(9-15(19)21)16(22)20-8-4-6-14(20)17(23)24/h12-14H,2-11H2,1H3,(H,23,24)/t12-,13+,14+/m0/s1. The average Bonchev–Trinajstić information content (AvgIpc) is 3.27. The van der Waals surface area contributed by atoms with E-state index in [4.69, 9.17) is 0 Å². The van der Waals surface area contributed by atoms with Crippen LogP contribution in [0.4, 0.5) is 0 Å². The second-order valence-electron chi connectivity index (χ2n) is 7.15. The van der Waals surface area contributed by atoms with Gasteiger partial charge in [0.1, 0.15) is 6.04 Å². The van der Waals surface area contributed by atoms with Crippen LogP contribution >= 0.6 is 0 Å². The molecule has 0 aromatic rings. The number of nitrogens with zero attached hydrogens (tertiary/aromatic N) is 3. The molecule has 0 saturated carbocycles. The minimum Gasteiger partial charge on any atom is -0.480 e. The molecule has 0 unspecified atom stereocenters. The summed E-state index contributed by atoms with van der Waals surface area (Å²) in [4.78, 5) is 42.0. The van der Waals surface area contributed by atoms with E-state index in [-0.39, 0.29) is 24.2 Å². The van der Waals surface area contributed by atoms with Crippen molar-refractivity contribution < 1.29 is 19.5 Å². The highest BCUT2D eigenvalue weighted by atomic mass is 16.4. The Morgan fingerprint density at radius 1 is 1.21 bits per heavy atom. The summed E-state index contributed by atoms with van der Waals surface area (Å²) in [6, 6.07) is -0.321. The van der Waals surface area contributed by atoms with E-state index in [1.807, 2.05) is 4.90 Å². The molecule has 134 valence electrons. The lowest BCUT2D eigenvalue weighted by atomic mass is 10.1. The van der Waals surface area contributed by atoms with Crippen molar-refractivity contribution in [2.24, 2.45) is 5.92 Å². The summed E-state index contributed by atoms with van der Waals surface area (Å²) in [6.07, 6.45) is 3.72. The monoisotopic (exact) mass is 337 g/mol. The van der Waals surface area contributed by atoms with Crippen LogP contribution < -0.4 is 0 Å². The van der Waals surface area contributed by atoms with Crippen LogP contribution in [0.15, 0.2) is 0 Å². The molecule has 2 amide bonds. The Morgan fingerprint density at radius 3 is 2.67 bits per heavy atom. The molecule has 1 N–H and O–H groups in total. The zero-order valence-corrected chi connectivity index (χ0v) is 14.3. The van der Waals surface area contributed by atoms with Crippen LogP contribution in [0.2, 0.25) is 0 Å². The molecular weight excluding hydrogens is 310 g/mol. The third kappa shape index (κ3) is 3.27. The predicted octanol–water partition coefficient (Wildman–Crippen LogP) is 0.395. The predicted molar refractivity (Wildman–Crippen MR) is 87.3 cm³/mol. The van der Waals surface area contributed by atoms with Crippen LogP contribution in [-0.4, -0.2) is 82.4 Å². The second kappa shape index (κ2) is 7.09. The maximum atomic E-state index is 12.7. The molecule has 7 nitrogen and oxygen atoms in total. The van der Waals surface area contributed by atoms with E-state index in [0.717, 1.165) is 32.4 Å². The molecule has 0 bridgehead atoms. The van der Waals surface area contributed by atoms with Crippen molar-refractivity contribution in [3.63, 3.8) is 0 Å². The summed E-state index contributed by atoms with van der Waals surface area (Å²) >= 11 is 0. The largest absolute Gasteiger partial charge is 0.480 e. The van der Waals surface area contributed by atoms with Gasteiger partial charge in [-0.25, -0.2) is 4.79 Å². The molecule has 0 radical (unpaired) electrons. The number of rotatable bonds is 5. The van der Waals surface area contributed by atoms with Gasteiger partial charge in [-0.2, -0.15) is 0 Å². The average molecular weight is 337 g/mol. The Hall–Kier alpha value is -1.63. The number of hydrogen-bond acceptors (Lipinski definition) is 4. The lowest BCUT2D eigenvalue weighted by Crippen LogP contribution is -2.45. The number of aliphatic carboxylic acids is 1. The van der Waals surface area contributed by atoms with Crippen LogP contribution in [-0.2, 0) is 14.4 Å². The maximum Gasteiger partial charge on any atom is 0.326 e. The Kier molecular flexibility index (Phi) is 5.08. The maximum absolute atomic E-state index is 12.7. The van der Waals surface area contributed by atoms with Gasteiger partial charge in [-0.15, -0.1) is 0 Å². The molecule has 0 aliphatic carbocycles. The SMILES string of the molecule is CCN1CCC[C@@H]1CN1C[C@@H](C(=O)N2CCC[C@@H]2C(=O)O)CC1=O. The molecule has 0 aromatic heterocycles. The number of carbonyl (C=O) groups excluding carboxylic acids is 2. The summed E-state index contributed by atoms with van der Waals surface area (Å²) in [5.74, 6) is -1.45. The lowest BCUT2D eigenvalue weighted by molar-refractivity contribution is -0.149. The van der Waals surface area contributed by atoms with E-state index in [2.05, 4.69) is 11.8 Å². The molecule has 3 atom stereocenters. The fraction of sp³-hybridized carbons (Fsp3) is 0.824. The van der Waals surface area contributed by atoms with E-state index in [0.29, 0.717) is 32.1 Å². The van der Waals surface area contributed by atoms with Crippen LogP contribution in [0.5, 0.6) is 0 Å². The van der Waals surface area contributed by atoms with Crippen molar-refractivity contribution in [1.29, 1.82) is 0 Å². The molecule has 3 heterocycles. The van der Waals surface area contributed by atoms with Gasteiger partial charge in [0.05, 0.1) is 5.92 Å². The van der Waals surface area contributed by atoms with Crippen molar-refractivity contribution in [3.05, 3.63) is 0 Å². The Morgan fingerprint density at radius 2 is 1.96 bits per heavy atom. The third-order valence-corrected chi connectivity index (χ3v) is 5.72. The van der Waals surface area contributed by atoms with Gasteiger partial charge in [0.25, 0.3) is 0 Å². The minimum atomic E-state index is -0.938. The van der Waals surface area contributed by atoms with Crippen LogP contribution in [0.3, 0.4) is 0 Å². The summed E-state index contributed by atoms with van der Waals surface area (Å²) in [7, 11) is 0. The summed E-state index contributed by atoms with van der Waals surface area (Å²) in [5.41, 5.74) is 0. The van der Waals surface area contributed by atoms with Crippen LogP contribution in [0.1, 0.15) is 39.0 Å². The number of carboxylic acid groups (broad SMARTS) is 1. The first kappa shape index (κ1) is 17.2. The quantitative estimate of drug-likeness (QED) is 0.785. The van der Waals surface area contributed by atoms with E-state index in [1.54, 1.807) is 0 Å². The van der Waals surface area contributed by atoms with Crippen molar-refractivity contribution >= 4 is 17.8 Å². The van der Waals surface area contributed by atoms with Gasteiger partial charge in [0.2, 0.25) is 11.8 Å². The highest BCUT2D eigenvalue weighted by molar-refractivity contribution is 5.91. The van der Waals surface area contributed by atoms with Crippen molar-refractivity contribution in [2.75, 3.05) is 32.7 Å². The minimum absolute atomic E-state index is 0.0300. The molecule has 7 heteroatoms. The number of carboxylic acids is 1. The summed E-state index contributed by atoms with van der Waals surface area (Å²) in [5, 5.41) is 9.25. The van der Waals surface area contributed by atoms with Crippen molar-refractivity contribution in [1.82, 2.24) is 14.7 Å². The van der Waals surface area contributed by atoms with E-state index in [9.17, 15) is 19.5 Å². The summed E-state index contributed by atoms with van der Waals surface area (Å²) in [6.45, 7) is 5.83. The first-order valence-corrected chi connectivity index (χ1v) is 9.06. The van der Waals surface area contributed by atoms with Gasteiger partial charge in [-0.1, -0.05) is 6.92 Å². The van der Waals surface area contributed by atoms with Crippen LogP contribution in [0.25, 0.3) is 0 Å². The highest BCUT2D eigenvalue weighted by Gasteiger charge is 2.42. The molecule has 3 saturated heterocycles. The van der Waals surface area contributed by atoms with E-state index < -0.39 is 12.0 Å². The van der Waals surface area contributed by atoms with Gasteiger partial charge >= 0.3 is 5.97 Å². The molecule has 0 aromatic carbocycles. The number of likely N-dealkylation sites (tertiary alicyclic amines) is 3. The van der Waals surface area contributed by atoms with E-state index in [1.165, 1.54) is 4.90 Å². The zero-order chi connectivity index (χ0) is 17.3. The first-order chi connectivity index (χ1) is 11.5. The third-order valence-electron chi connectivity index (χ3n) is 5.72. The number of amides is 2. The molecule has 3 fully saturated rings. The van der Waals surface area contributed by atoms with Gasteiger partial charge in [-0.05, 0) is 38.8 Å². The Labute approximate surface area is 142 Å². The smallest absolute Gasteiger partial charge is 0.326 e. The molecular formula is C17H27N3O4. The normalized spacial score (nSPS) is 31.2. The van der Waals surface area contributed by atoms with Gasteiger partial charge in [0, 0.05) is 32.1 Å². The summed E-state index contributed by atoms with van der Waals surface area (Å²) < 4.78 is 0. The molecule has 24 heavy (non-hydrogen) atoms. The van der Waals surface area contributed by atoms with E-state index >= 15 is 0 Å². The Bertz CT molecular complexity index is 524.